The first-order valence-electron chi connectivity index (χ1n) is 10.7. The number of halogens is 15. The zero-order valence-electron chi connectivity index (χ0n) is 18.6. The maximum atomic E-state index is 14.1. The Balaban J connectivity index is 2.10. The zero-order valence-corrected chi connectivity index (χ0v) is 18.6. The Morgan fingerprint density at radius 3 is 0.475 bits per heavy atom. The predicted octanol–water partition coefficient (Wildman–Crippen LogP) is 10.9. The third-order valence-corrected chi connectivity index (χ3v) is 7.02. The van der Waals surface area contributed by atoms with Crippen molar-refractivity contribution in [2.75, 3.05) is 0 Å². The van der Waals surface area contributed by atoms with E-state index in [4.69, 9.17) is 0 Å². The Labute approximate surface area is 209 Å². The second kappa shape index (κ2) is 7.16. The van der Waals surface area contributed by atoms with Gasteiger partial charge < -0.3 is 0 Å². The maximum absolute atomic E-state index is 14.1. The van der Waals surface area contributed by atoms with Crippen LogP contribution in [0.15, 0.2) is 30.3 Å². The molecule has 0 bridgehead atoms. The highest BCUT2D eigenvalue weighted by Gasteiger charge is 2.45. The molecule has 6 aromatic rings. The molecule has 0 aliphatic heterocycles. The molecule has 210 valence electrons. The van der Waals surface area contributed by atoms with Gasteiger partial charge in [0.25, 0.3) is 0 Å². The first kappa shape index (κ1) is 26.6. The molecule has 0 nitrogen and oxygen atoms in total. The summed E-state index contributed by atoms with van der Waals surface area (Å²) in [6, 6.07) is -0.652. The number of benzene rings is 5. The summed E-state index contributed by atoms with van der Waals surface area (Å²) >= 11 is 0. The molecule has 6 aromatic carbocycles. The SMILES string of the molecule is FC(F)(F)c1cc2c(C(F)(F)F)cc3c(C(F)(F)F)cc4c(C(F)(F)F)cc5c(C(F)(F)F)cc1c1c5c4c3c21. The Kier molecular flexibility index (Phi) is 4.75. The van der Waals surface area contributed by atoms with Crippen molar-refractivity contribution in [3.8, 4) is 0 Å². The van der Waals surface area contributed by atoms with Crippen LogP contribution < -0.4 is 0 Å². The fourth-order valence-electron chi connectivity index (χ4n) is 5.68. The highest BCUT2D eigenvalue weighted by molar-refractivity contribution is 6.45. The van der Waals surface area contributed by atoms with Gasteiger partial charge in [-0.2, -0.15) is 65.9 Å². The minimum absolute atomic E-state index is 0.130. The van der Waals surface area contributed by atoms with E-state index in [1.807, 2.05) is 0 Å². The molecule has 0 saturated carbocycles. The van der Waals surface area contributed by atoms with E-state index in [-0.39, 0.29) is 30.3 Å². The maximum Gasteiger partial charge on any atom is 0.417 e. The second-order valence-corrected chi connectivity index (χ2v) is 9.22. The largest absolute Gasteiger partial charge is 0.417 e. The Bertz CT molecular complexity index is 1600. The third-order valence-electron chi connectivity index (χ3n) is 7.02. The lowest BCUT2D eigenvalue weighted by atomic mass is 9.90. The van der Waals surface area contributed by atoms with Crippen LogP contribution in [0, 0.1) is 0 Å². The summed E-state index contributed by atoms with van der Waals surface area (Å²) in [6.45, 7) is 0. The molecule has 0 aliphatic rings. The standard InChI is InChI=1S/C25H5F15/c26-21(27,28)11-1-6-12(22(29,30)31)3-8-14(24(35,36)37)5-10-15(25(38,39)40)4-9-13(23(32,33)34)2-7(11)17-16(6)18(8)20(10)19(9)17/h1-5H. The average Bonchev–Trinajstić information content (AvgIpc) is 3.13. The Morgan fingerprint density at radius 2 is 0.375 bits per heavy atom. The third kappa shape index (κ3) is 3.38. The fourth-order valence-corrected chi connectivity index (χ4v) is 5.68. The molecule has 0 atom stereocenters. The van der Waals surface area contributed by atoms with Crippen molar-refractivity contribution in [3.63, 3.8) is 0 Å². The van der Waals surface area contributed by atoms with Gasteiger partial charge >= 0.3 is 30.9 Å². The van der Waals surface area contributed by atoms with Crippen molar-refractivity contribution in [1.82, 2.24) is 0 Å². The topological polar surface area (TPSA) is 0 Å². The van der Waals surface area contributed by atoms with Crippen LogP contribution in [0.2, 0.25) is 0 Å². The van der Waals surface area contributed by atoms with Gasteiger partial charge in [-0.05, 0) is 84.2 Å². The minimum Gasteiger partial charge on any atom is -0.166 e. The minimum atomic E-state index is -5.56. The molecular weight excluding hydrogens is 585 g/mol. The van der Waals surface area contributed by atoms with Crippen LogP contribution in [0.4, 0.5) is 65.9 Å². The summed E-state index contributed by atoms with van der Waals surface area (Å²) in [5, 5.41) is -11.3. The van der Waals surface area contributed by atoms with Crippen molar-refractivity contribution >= 4 is 53.9 Å². The van der Waals surface area contributed by atoms with Gasteiger partial charge in [-0.3, -0.25) is 0 Å². The van der Waals surface area contributed by atoms with Gasteiger partial charge in [-0.15, -0.1) is 0 Å². The summed E-state index contributed by atoms with van der Waals surface area (Å²) in [5.74, 6) is 0. The van der Waals surface area contributed by atoms with Crippen LogP contribution in [-0.2, 0) is 30.9 Å². The number of hydrogen-bond donors (Lipinski definition) is 0. The van der Waals surface area contributed by atoms with E-state index in [1.165, 1.54) is 0 Å². The highest BCUT2D eigenvalue weighted by Crippen LogP contribution is 2.58. The number of rotatable bonds is 0. The number of hydrogen-bond acceptors (Lipinski definition) is 0. The molecule has 0 radical (unpaired) electrons. The molecule has 0 fully saturated rings. The first-order valence-corrected chi connectivity index (χ1v) is 10.7. The van der Waals surface area contributed by atoms with E-state index in [0.29, 0.717) is 0 Å². The summed E-state index contributed by atoms with van der Waals surface area (Å²) < 4.78 is 211. The molecule has 15 heteroatoms. The van der Waals surface area contributed by atoms with Gasteiger partial charge in [-0.25, -0.2) is 0 Å². The van der Waals surface area contributed by atoms with Gasteiger partial charge in [0, 0.05) is 0 Å². The Hall–Kier alpha value is -3.65. The van der Waals surface area contributed by atoms with Crippen LogP contribution in [0.1, 0.15) is 27.8 Å². The molecule has 40 heavy (non-hydrogen) atoms. The van der Waals surface area contributed by atoms with Gasteiger partial charge in [-0.1, -0.05) is 0 Å². The normalized spacial score (nSPS) is 14.9. The van der Waals surface area contributed by atoms with Crippen molar-refractivity contribution in [2.24, 2.45) is 0 Å². The first-order chi connectivity index (χ1) is 18.0. The van der Waals surface area contributed by atoms with Crippen LogP contribution >= 0.6 is 0 Å². The summed E-state index contributed by atoms with van der Waals surface area (Å²) in [5.41, 5.74) is -9.84. The highest BCUT2D eigenvalue weighted by atomic mass is 19.4. The van der Waals surface area contributed by atoms with E-state index < -0.39 is 113 Å². The monoisotopic (exact) mass is 590 g/mol. The molecule has 0 heterocycles. The van der Waals surface area contributed by atoms with Gasteiger partial charge in [0.15, 0.2) is 0 Å². The van der Waals surface area contributed by atoms with E-state index >= 15 is 0 Å². The molecule has 0 aromatic heterocycles. The predicted molar refractivity (Wildman–Crippen MR) is 113 cm³/mol. The van der Waals surface area contributed by atoms with Crippen LogP contribution in [0.3, 0.4) is 0 Å². The molecule has 0 unspecified atom stereocenters. The number of alkyl halides is 15. The summed E-state index contributed by atoms with van der Waals surface area (Å²) in [7, 11) is 0. The average molecular weight is 590 g/mol. The second-order valence-electron chi connectivity index (χ2n) is 9.22. The lowest BCUT2D eigenvalue weighted by Gasteiger charge is -2.19. The zero-order chi connectivity index (χ0) is 29.7. The summed E-state index contributed by atoms with van der Waals surface area (Å²) in [6.07, 6.45) is -27.8. The smallest absolute Gasteiger partial charge is 0.166 e. The molecule has 6 rings (SSSR count). The molecule has 0 saturated heterocycles. The van der Waals surface area contributed by atoms with Gasteiger partial charge in [0.1, 0.15) is 0 Å². The van der Waals surface area contributed by atoms with Crippen molar-refractivity contribution in [2.45, 2.75) is 30.9 Å². The fraction of sp³-hybridized carbons (Fsp3) is 0.200. The molecular formula is C25H5F15. The Morgan fingerprint density at radius 1 is 0.250 bits per heavy atom. The van der Waals surface area contributed by atoms with Crippen LogP contribution in [0.5, 0.6) is 0 Å². The molecule has 0 spiro atoms. The van der Waals surface area contributed by atoms with E-state index in [9.17, 15) is 65.9 Å². The lowest BCUT2D eigenvalue weighted by Crippen LogP contribution is -2.11. The summed E-state index contributed by atoms with van der Waals surface area (Å²) in [4.78, 5) is 0. The quantitative estimate of drug-likeness (QED) is 0.122. The molecule has 0 N–H and O–H groups in total. The van der Waals surface area contributed by atoms with E-state index in [1.54, 1.807) is 0 Å². The van der Waals surface area contributed by atoms with Gasteiger partial charge in [0.05, 0.1) is 27.8 Å². The molecule has 0 aliphatic carbocycles. The van der Waals surface area contributed by atoms with Crippen molar-refractivity contribution < 1.29 is 65.9 Å². The van der Waals surface area contributed by atoms with Crippen LogP contribution in [-0.4, -0.2) is 0 Å². The van der Waals surface area contributed by atoms with E-state index in [2.05, 4.69) is 0 Å². The van der Waals surface area contributed by atoms with Crippen LogP contribution in [0.25, 0.3) is 53.9 Å². The molecule has 0 amide bonds. The van der Waals surface area contributed by atoms with Crippen molar-refractivity contribution in [3.05, 3.63) is 58.1 Å². The van der Waals surface area contributed by atoms with Crippen molar-refractivity contribution in [1.29, 1.82) is 0 Å². The van der Waals surface area contributed by atoms with E-state index in [0.717, 1.165) is 0 Å². The van der Waals surface area contributed by atoms with Gasteiger partial charge in [0.2, 0.25) is 0 Å². The lowest BCUT2D eigenvalue weighted by molar-refractivity contribution is -0.139.